The Kier molecular flexibility index (Phi) is 5.55. The first kappa shape index (κ1) is 14.1. The van der Waals surface area contributed by atoms with Gasteiger partial charge in [0.1, 0.15) is 5.75 Å². The van der Waals surface area contributed by atoms with Crippen LogP contribution in [0.3, 0.4) is 0 Å². The van der Waals surface area contributed by atoms with E-state index >= 15 is 0 Å². The minimum absolute atomic E-state index is 0.177. The number of hydrogen-bond acceptors (Lipinski definition) is 3. The number of hydrogen-bond donors (Lipinski definition) is 1. The highest BCUT2D eigenvalue weighted by Crippen LogP contribution is 2.34. The summed E-state index contributed by atoms with van der Waals surface area (Å²) in [7, 11) is 3.03. The molecule has 17 heavy (non-hydrogen) atoms. The van der Waals surface area contributed by atoms with Crippen molar-refractivity contribution >= 4 is 34.8 Å². The number of amides is 1. The summed E-state index contributed by atoms with van der Waals surface area (Å²) >= 11 is 11.7. The molecule has 0 heterocycles. The molecule has 1 rings (SSSR count). The number of nitrogens with one attached hydrogen (secondary N) is 1. The highest BCUT2D eigenvalue weighted by molar-refractivity contribution is 6.42. The van der Waals surface area contributed by atoms with Crippen LogP contribution >= 0.6 is 23.2 Å². The van der Waals surface area contributed by atoms with E-state index in [1.165, 1.54) is 14.2 Å². The molecule has 0 saturated heterocycles. The van der Waals surface area contributed by atoms with Crippen molar-refractivity contribution in [2.75, 3.05) is 26.1 Å². The van der Waals surface area contributed by atoms with Gasteiger partial charge in [0.05, 0.1) is 35.9 Å². The van der Waals surface area contributed by atoms with Gasteiger partial charge >= 0.3 is 0 Å². The molecule has 0 radical (unpaired) electrons. The molecule has 0 fully saturated rings. The van der Waals surface area contributed by atoms with Crippen molar-refractivity contribution in [3.05, 3.63) is 22.2 Å². The molecule has 0 aromatic heterocycles. The second-order valence-electron chi connectivity index (χ2n) is 3.26. The number of rotatable bonds is 5. The Labute approximate surface area is 110 Å². The number of ether oxygens (including phenoxy) is 2. The number of benzene rings is 1. The number of anilines is 1. The number of halogens is 2. The van der Waals surface area contributed by atoms with E-state index in [0.29, 0.717) is 28.1 Å². The van der Waals surface area contributed by atoms with Crippen LogP contribution in [0.15, 0.2) is 12.1 Å². The van der Waals surface area contributed by atoms with E-state index < -0.39 is 0 Å². The van der Waals surface area contributed by atoms with Crippen LogP contribution in [0.2, 0.25) is 10.0 Å². The third-order valence-electron chi connectivity index (χ3n) is 2.05. The molecule has 94 valence electrons. The molecular weight excluding hydrogens is 265 g/mol. The molecule has 0 spiro atoms. The fourth-order valence-electron chi connectivity index (χ4n) is 1.20. The number of carbonyl (C=O) groups excluding carboxylic acids is 1. The van der Waals surface area contributed by atoms with Gasteiger partial charge in [-0.1, -0.05) is 23.2 Å². The molecule has 1 aromatic carbocycles. The van der Waals surface area contributed by atoms with Gasteiger partial charge in [0.2, 0.25) is 5.91 Å². The number of carbonyl (C=O) groups is 1. The van der Waals surface area contributed by atoms with Crippen molar-refractivity contribution < 1.29 is 14.3 Å². The smallest absolute Gasteiger partial charge is 0.226 e. The number of methoxy groups -OCH3 is 2. The fourth-order valence-corrected chi connectivity index (χ4v) is 1.52. The third kappa shape index (κ3) is 4.07. The predicted molar refractivity (Wildman–Crippen MR) is 68.1 cm³/mol. The zero-order chi connectivity index (χ0) is 12.8. The minimum atomic E-state index is -0.177. The molecule has 0 aliphatic rings. The summed E-state index contributed by atoms with van der Waals surface area (Å²) in [6.45, 7) is 0.357. The largest absolute Gasteiger partial charge is 0.495 e. The molecule has 6 heteroatoms. The van der Waals surface area contributed by atoms with Crippen LogP contribution in [0.4, 0.5) is 5.69 Å². The van der Waals surface area contributed by atoms with Crippen LogP contribution in [0.1, 0.15) is 6.42 Å². The molecule has 0 atom stereocenters. The summed E-state index contributed by atoms with van der Waals surface area (Å²) in [5.74, 6) is 0.286. The van der Waals surface area contributed by atoms with Gasteiger partial charge in [-0.2, -0.15) is 0 Å². The van der Waals surface area contributed by atoms with Crippen LogP contribution < -0.4 is 10.1 Å². The Balaban J connectivity index is 2.82. The summed E-state index contributed by atoms with van der Waals surface area (Å²) < 4.78 is 9.91. The van der Waals surface area contributed by atoms with Gasteiger partial charge in [0.25, 0.3) is 0 Å². The minimum Gasteiger partial charge on any atom is -0.495 e. The molecule has 0 bridgehead atoms. The fraction of sp³-hybridized carbons (Fsp3) is 0.364. The molecular formula is C11H13Cl2NO3. The summed E-state index contributed by atoms with van der Waals surface area (Å²) in [6.07, 6.45) is 0.264. The first-order chi connectivity index (χ1) is 8.08. The van der Waals surface area contributed by atoms with Crippen LogP contribution in [-0.2, 0) is 9.53 Å². The highest BCUT2D eigenvalue weighted by Gasteiger charge is 2.10. The Hall–Kier alpha value is -0.970. The van der Waals surface area contributed by atoms with E-state index in [9.17, 15) is 4.79 Å². The average molecular weight is 278 g/mol. The van der Waals surface area contributed by atoms with Gasteiger partial charge < -0.3 is 14.8 Å². The van der Waals surface area contributed by atoms with Crippen molar-refractivity contribution in [1.82, 2.24) is 0 Å². The van der Waals surface area contributed by atoms with Gasteiger partial charge in [-0.3, -0.25) is 4.79 Å². The molecule has 0 aliphatic carbocycles. The predicted octanol–water partition coefficient (Wildman–Crippen LogP) is 2.98. The van der Waals surface area contributed by atoms with Crippen molar-refractivity contribution in [3.63, 3.8) is 0 Å². The highest BCUT2D eigenvalue weighted by atomic mass is 35.5. The van der Waals surface area contributed by atoms with E-state index in [0.717, 1.165) is 0 Å². The van der Waals surface area contributed by atoms with Gasteiger partial charge in [-0.25, -0.2) is 0 Å². The van der Waals surface area contributed by atoms with E-state index in [-0.39, 0.29) is 12.3 Å². The Morgan fingerprint density at radius 2 is 1.94 bits per heavy atom. The average Bonchev–Trinajstić information content (AvgIpc) is 2.31. The maximum absolute atomic E-state index is 11.5. The third-order valence-corrected chi connectivity index (χ3v) is 2.77. The molecule has 1 N–H and O–H groups in total. The topological polar surface area (TPSA) is 47.6 Å². The molecule has 0 saturated carbocycles. The van der Waals surface area contributed by atoms with Crippen LogP contribution in [-0.4, -0.2) is 26.7 Å². The van der Waals surface area contributed by atoms with E-state index in [2.05, 4.69) is 5.32 Å². The van der Waals surface area contributed by atoms with Crippen molar-refractivity contribution in [1.29, 1.82) is 0 Å². The molecule has 1 amide bonds. The maximum atomic E-state index is 11.5. The van der Waals surface area contributed by atoms with Gasteiger partial charge in [0.15, 0.2) is 0 Å². The monoisotopic (exact) mass is 277 g/mol. The van der Waals surface area contributed by atoms with Crippen LogP contribution in [0.25, 0.3) is 0 Å². The lowest BCUT2D eigenvalue weighted by atomic mass is 10.2. The SMILES string of the molecule is COCCC(=O)Nc1cc(Cl)c(Cl)cc1OC. The van der Waals surface area contributed by atoms with Gasteiger partial charge in [-0.05, 0) is 6.07 Å². The molecule has 0 aliphatic heterocycles. The van der Waals surface area contributed by atoms with Crippen LogP contribution in [0, 0.1) is 0 Å². The molecule has 4 nitrogen and oxygen atoms in total. The van der Waals surface area contributed by atoms with E-state index in [1.54, 1.807) is 12.1 Å². The summed E-state index contributed by atoms with van der Waals surface area (Å²) in [4.78, 5) is 11.5. The lowest BCUT2D eigenvalue weighted by molar-refractivity contribution is -0.117. The quantitative estimate of drug-likeness (QED) is 0.900. The summed E-state index contributed by atoms with van der Waals surface area (Å²) in [5.41, 5.74) is 0.489. The zero-order valence-electron chi connectivity index (χ0n) is 9.55. The van der Waals surface area contributed by atoms with Crippen molar-refractivity contribution in [2.45, 2.75) is 6.42 Å². The lowest BCUT2D eigenvalue weighted by Gasteiger charge is -2.11. The first-order valence-corrected chi connectivity index (χ1v) is 5.66. The van der Waals surface area contributed by atoms with E-state index in [4.69, 9.17) is 32.7 Å². The second kappa shape index (κ2) is 6.69. The lowest BCUT2D eigenvalue weighted by Crippen LogP contribution is -2.14. The van der Waals surface area contributed by atoms with Gasteiger partial charge in [0, 0.05) is 13.2 Å². The first-order valence-electron chi connectivity index (χ1n) is 4.90. The summed E-state index contributed by atoms with van der Waals surface area (Å²) in [6, 6.07) is 3.10. The van der Waals surface area contributed by atoms with Crippen molar-refractivity contribution in [3.8, 4) is 5.75 Å². The van der Waals surface area contributed by atoms with E-state index in [1.807, 2.05) is 0 Å². The Morgan fingerprint density at radius 3 is 2.53 bits per heavy atom. The van der Waals surface area contributed by atoms with Crippen molar-refractivity contribution in [2.24, 2.45) is 0 Å². The standard InChI is InChI=1S/C11H13Cl2NO3/c1-16-4-3-11(15)14-9-5-7(12)8(13)6-10(9)17-2/h5-6H,3-4H2,1-2H3,(H,14,15). The van der Waals surface area contributed by atoms with Crippen LogP contribution in [0.5, 0.6) is 5.75 Å². The zero-order valence-corrected chi connectivity index (χ0v) is 11.1. The maximum Gasteiger partial charge on any atom is 0.226 e. The molecule has 0 unspecified atom stereocenters. The Morgan fingerprint density at radius 1 is 1.29 bits per heavy atom. The molecule has 1 aromatic rings. The van der Waals surface area contributed by atoms with Gasteiger partial charge in [-0.15, -0.1) is 0 Å². The second-order valence-corrected chi connectivity index (χ2v) is 4.07. The summed E-state index contributed by atoms with van der Waals surface area (Å²) in [5, 5.41) is 3.41. The normalized spacial score (nSPS) is 10.1. The Bertz CT molecular complexity index is 410.